The van der Waals surface area contributed by atoms with Gasteiger partial charge in [-0.05, 0) is 136 Å². The topological polar surface area (TPSA) is 21.3 Å². The number of anilines is 3. The monoisotopic (exact) mass is 860 g/mol. The summed E-state index contributed by atoms with van der Waals surface area (Å²) in [6.45, 7) is 0. The second-order valence-electron chi connectivity index (χ2n) is 18.2. The summed E-state index contributed by atoms with van der Waals surface area (Å²) in [6.07, 6.45) is 6.42. The van der Waals surface area contributed by atoms with E-state index in [0.29, 0.717) is 5.92 Å². The number of hydrogen-bond donors (Lipinski definition) is 0. The Hall–Kier alpha value is -8.14. The predicted octanol–water partition coefficient (Wildman–Crippen LogP) is 18.4. The van der Waals surface area contributed by atoms with E-state index in [1.165, 1.54) is 86.9 Å². The van der Waals surface area contributed by atoms with Crippen LogP contribution in [0.3, 0.4) is 0 Å². The molecule has 320 valence electrons. The van der Waals surface area contributed by atoms with Gasteiger partial charge in [0.2, 0.25) is 0 Å². The Kier molecular flexibility index (Phi) is 9.60. The van der Waals surface area contributed by atoms with Gasteiger partial charge in [0.1, 0.15) is 11.2 Å². The van der Waals surface area contributed by atoms with Gasteiger partial charge < -0.3 is 13.9 Å². The summed E-state index contributed by atoms with van der Waals surface area (Å²) in [5.41, 5.74) is 17.3. The SMILES string of the molecule is c1ccc(-n2c3ccccc3c3cc(-c4cccc(N(c5cccc(-c6cccc7oc8ccccc8c67)c5)c5ccccc5-c5cccc6cccc(C7CCCCC7)c56)c4)ccc32)cc1. The molecule has 12 aromatic rings. The van der Waals surface area contributed by atoms with E-state index in [0.717, 1.165) is 61.4 Å². The maximum absolute atomic E-state index is 6.40. The minimum atomic E-state index is 0.566. The van der Waals surface area contributed by atoms with Crippen molar-refractivity contribution in [1.29, 1.82) is 0 Å². The summed E-state index contributed by atoms with van der Waals surface area (Å²) >= 11 is 0. The third kappa shape index (κ3) is 6.72. The molecule has 1 aliphatic carbocycles. The van der Waals surface area contributed by atoms with Gasteiger partial charge in [0.25, 0.3) is 0 Å². The molecule has 10 aromatic carbocycles. The van der Waals surface area contributed by atoms with E-state index < -0.39 is 0 Å². The average molecular weight is 861 g/mol. The molecule has 67 heavy (non-hydrogen) atoms. The predicted molar refractivity (Wildman–Crippen MR) is 282 cm³/mol. The van der Waals surface area contributed by atoms with Crippen LogP contribution >= 0.6 is 0 Å². The zero-order valence-corrected chi connectivity index (χ0v) is 37.3. The standard InChI is InChI=1S/C64H48N2O/c1-3-18-43(19-4-1)51-31-15-20-44-21-16-33-55(63(44)51)53-28-7-10-34-58(53)65(50-27-14-23-47(41-50)52-32-17-37-62-64(52)56-30-9-12-36-61(56)67-62)49-26-13-22-45(40-49)46-38-39-60-57(42-46)54-29-8-11-35-59(54)66(60)48-24-5-2-6-25-48/h2,5-17,20-43H,1,3-4,18-19H2. The van der Waals surface area contributed by atoms with Gasteiger partial charge in [0.05, 0.1) is 16.7 Å². The number of nitrogens with zero attached hydrogens (tertiary/aromatic N) is 2. The number of aromatic nitrogens is 1. The van der Waals surface area contributed by atoms with Crippen molar-refractivity contribution in [3.63, 3.8) is 0 Å². The van der Waals surface area contributed by atoms with Crippen LogP contribution < -0.4 is 4.90 Å². The Bertz CT molecular complexity index is 3810. The van der Waals surface area contributed by atoms with Crippen molar-refractivity contribution in [3.05, 3.63) is 230 Å². The third-order valence-corrected chi connectivity index (χ3v) is 14.4. The number of benzene rings is 10. The number of para-hydroxylation sites is 4. The Morgan fingerprint density at radius 1 is 0.403 bits per heavy atom. The molecule has 2 heterocycles. The summed E-state index contributed by atoms with van der Waals surface area (Å²) in [6, 6.07) is 82.4. The van der Waals surface area contributed by atoms with Crippen LogP contribution in [-0.2, 0) is 0 Å². The first-order chi connectivity index (χ1) is 33.2. The van der Waals surface area contributed by atoms with Crippen LogP contribution in [0.4, 0.5) is 17.1 Å². The normalized spacial score (nSPS) is 13.3. The third-order valence-electron chi connectivity index (χ3n) is 14.4. The lowest BCUT2D eigenvalue weighted by Crippen LogP contribution is -2.12. The summed E-state index contributed by atoms with van der Waals surface area (Å²) in [7, 11) is 0. The molecule has 0 atom stereocenters. The van der Waals surface area contributed by atoms with Gasteiger partial charge in [-0.1, -0.05) is 171 Å². The molecule has 0 bridgehead atoms. The van der Waals surface area contributed by atoms with Gasteiger partial charge >= 0.3 is 0 Å². The average Bonchev–Trinajstić information content (AvgIpc) is 3.95. The molecular formula is C64H48N2O. The minimum Gasteiger partial charge on any atom is -0.456 e. The first-order valence-electron chi connectivity index (χ1n) is 23.9. The molecule has 1 aliphatic rings. The quantitative estimate of drug-likeness (QED) is 0.152. The van der Waals surface area contributed by atoms with E-state index in [4.69, 9.17) is 4.42 Å². The van der Waals surface area contributed by atoms with E-state index >= 15 is 0 Å². The molecular weight excluding hydrogens is 813 g/mol. The van der Waals surface area contributed by atoms with E-state index in [2.05, 4.69) is 228 Å². The molecule has 0 amide bonds. The van der Waals surface area contributed by atoms with Gasteiger partial charge in [-0.3, -0.25) is 0 Å². The van der Waals surface area contributed by atoms with Crippen LogP contribution in [0.2, 0.25) is 0 Å². The molecule has 1 saturated carbocycles. The van der Waals surface area contributed by atoms with Crippen LogP contribution in [0.5, 0.6) is 0 Å². The van der Waals surface area contributed by atoms with Crippen LogP contribution in [-0.4, -0.2) is 4.57 Å². The number of fused-ring (bicyclic) bond motifs is 7. The number of rotatable bonds is 8. The summed E-state index contributed by atoms with van der Waals surface area (Å²) in [5.74, 6) is 0.566. The fraction of sp³-hybridized carbons (Fsp3) is 0.0938. The van der Waals surface area contributed by atoms with E-state index in [1.807, 2.05) is 6.07 Å². The van der Waals surface area contributed by atoms with Crippen LogP contribution in [0, 0.1) is 0 Å². The minimum absolute atomic E-state index is 0.566. The molecule has 0 saturated heterocycles. The maximum atomic E-state index is 6.40. The highest BCUT2D eigenvalue weighted by molar-refractivity contribution is 6.13. The molecule has 0 radical (unpaired) electrons. The highest BCUT2D eigenvalue weighted by Crippen LogP contribution is 2.47. The Labute approximate surface area is 390 Å². The first-order valence-corrected chi connectivity index (χ1v) is 23.9. The molecule has 1 fully saturated rings. The van der Waals surface area contributed by atoms with E-state index in [9.17, 15) is 0 Å². The molecule has 13 rings (SSSR count). The van der Waals surface area contributed by atoms with E-state index in [-0.39, 0.29) is 0 Å². The summed E-state index contributed by atoms with van der Waals surface area (Å²) < 4.78 is 8.79. The molecule has 3 nitrogen and oxygen atoms in total. The second-order valence-corrected chi connectivity index (χ2v) is 18.2. The Morgan fingerprint density at radius 3 is 1.90 bits per heavy atom. The molecule has 0 unspecified atom stereocenters. The zero-order valence-electron chi connectivity index (χ0n) is 37.3. The van der Waals surface area contributed by atoms with Crippen molar-refractivity contribution < 1.29 is 4.42 Å². The molecule has 3 heteroatoms. The zero-order chi connectivity index (χ0) is 44.3. The Morgan fingerprint density at radius 2 is 1.03 bits per heavy atom. The highest BCUT2D eigenvalue weighted by atomic mass is 16.3. The maximum Gasteiger partial charge on any atom is 0.136 e. The van der Waals surface area contributed by atoms with Gasteiger partial charge in [0.15, 0.2) is 0 Å². The van der Waals surface area contributed by atoms with Gasteiger partial charge in [0, 0.05) is 44.2 Å². The van der Waals surface area contributed by atoms with Crippen LogP contribution in [0.1, 0.15) is 43.6 Å². The van der Waals surface area contributed by atoms with Crippen molar-refractivity contribution >= 4 is 71.6 Å². The lowest BCUT2D eigenvalue weighted by Gasteiger charge is -2.30. The fourth-order valence-corrected chi connectivity index (χ4v) is 11.3. The molecule has 0 N–H and O–H groups in total. The van der Waals surface area contributed by atoms with Crippen LogP contribution in [0.25, 0.3) is 93.6 Å². The molecule has 0 spiro atoms. The summed E-state index contributed by atoms with van der Waals surface area (Å²) in [5, 5.41) is 7.43. The lowest BCUT2D eigenvalue weighted by molar-refractivity contribution is 0.445. The van der Waals surface area contributed by atoms with Gasteiger partial charge in [-0.2, -0.15) is 0 Å². The van der Waals surface area contributed by atoms with Crippen molar-refractivity contribution in [2.75, 3.05) is 4.90 Å². The summed E-state index contributed by atoms with van der Waals surface area (Å²) in [4.78, 5) is 2.48. The fourth-order valence-electron chi connectivity index (χ4n) is 11.3. The smallest absolute Gasteiger partial charge is 0.136 e. The second kappa shape index (κ2) is 16.4. The van der Waals surface area contributed by atoms with Crippen molar-refractivity contribution in [2.45, 2.75) is 38.0 Å². The largest absolute Gasteiger partial charge is 0.456 e. The first kappa shape index (κ1) is 39.2. The van der Waals surface area contributed by atoms with Crippen molar-refractivity contribution in [3.8, 4) is 39.1 Å². The highest BCUT2D eigenvalue weighted by Gasteiger charge is 2.24. The number of furan rings is 1. The van der Waals surface area contributed by atoms with Crippen LogP contribution in [0.15, 0.2) is 229 Å². The van der Waals surface area contributed by atoms with Crippen molar-refractivity contribution in [2.24, 2.45) is 0 Å². The van der Waals surface area contributed by atoms with Crippen molar-refractivity contribution in [1.82, 2.24) is 4.57 Å². The van der Waals surface area contributed by atoms with Gasteiger partial charge in [-0.15, -0.1) is 0 Å². The Balaban J connectivity index is 1.01. The molecule has 0 aliphatic heterocycles. The van der Waals surface area contributed by atoms with E-state index in [1.54, 1.807) is 0 Å². The number of hydrogen-bond acceptors (Lipinski definition) is 2. The van der Waals surface area contributed by atoms with Gasteiger partial charge in [-0.25, -0.2) is 0 Å². The lowest BCUT2D eigenvalue weighted by atomic mass is 9.80. The molecule has 2 aromatic heterocycles.